The molecule has 16 heavy (non-hydrogen) atoms. The number of nitrogens with zero attached hydrogens (tertiary/aromatic N) is 1. The van der Waals surface area contributed by atoms with Crippen molar-refractivity contribution in [2.75, 3.05) is 6.54 Å². The van der Waals surface area contributed by atoms with Crippen molar-refractivity contribution in [1.29, 1.82) is 5.26 Å². The SMILES string of the molecule is CC1CCC(NCC(C)(C)CCC#N)C1C. The summed E-state index contributed by atoms with van der Waals surface area (Å²) in [6, 6.07) is 2.93. The Balaban J connectivity index is 2.31. The largest absolute Gasteiger partial charge is 0.313 e. The normalized spacial score (nSPS) is 30.3. The van der Waals surface area contributed by atoms with Gasteiger partial charge in [-0.1, -0.05) is 27.7 Å². The molecule has 0 amide bonds. The average molecular weight is 222 g/mol. The van der Waals surface area contributed by atoms with E-state index in [0.717, 1.165) is 24.8 Å². The predicted molar refractivity (Wildman–Crippen MR) is 68.0 cm³/mol. The number of rotatable bonds is 5. The average Bonchev–Trinajstić information content (AvgIpc) is 2.55. The van der Waals surface area contributed by atoms with Crippen LogP contribution in [-0.4, -0.2) is 12.6 Å². The van der Waals surface area contributed by atoms with Crippen LogP contribution in [0.1, 0.15) is 53.4 Å². The lowest BCUT2D eigenvalue weighted by atomic mass is 9.87. The first-order valence-corrected chi connectivity index (χ1v) is 6.56. The highest BCUT2D eigenvalue weighted by molar-refractivity contribution is 4.87. The summed E-state index contributed by atoms with van der Waals surface area (Å²) in [5.74, 6) is 1.66. The molecule has 1 aliphatic carbocycles. The van der Waals surface area contributed by atoms with Crippen LogP contribution in [-0.2, 0) is 0 Å². The summed E-state index contributed by atoms with van der Waals surface area (Å²) in [7, 11) is 0. The zero-order valence-corrected chi connectivity index (χ0v) is 11.2. The van der Waals surface area contributed by atoms with Crippen LogP contribution in [0.15, 0.2) is 0 Å². The van der Waals surface area contributed by atoms with E-state index in [1.165, 1.54) is 12.8 Å². The molecule has 92 valence electrons. The minimum Gasteiger partial charge on any atom is -0.313 e. The summed E-state index contributed by atoms with van der Waals surface area (Å²) in [5, 5.41) is 12.3. The highest BCUT2D eigenvalue weighted by atomic mass is 14.9. The molecule has 0 aromatic carbocycles. The van der Waals surface area contributed by atoms with Crippen LogP contribution < -0.4 is 5.32 Å². The zero-order valence-electron chi connectivity index (χ0n) is 11.2. The van der Waals surface area contributed by atoms with Crippen molar-refractivity contribution >= 4 is 0 Å². The van der Waals surface area contributed by atoms with Crippen molar-refractivity contribution in [2.24, 2.45) is 17.3 Å². The monoisotopic (exact) mass is 222 g/mol. The van der Waals surface area contributed by atoms with Gasteiger partial charge in [-0.3, -0.25) is 0 Å². The van der Waals surface area contributed by atoms with Crippen molar-refractivity contribution in [3.8, 4) is 6.07 Å². The molecule has 0 heterocycles. The molecule has 1 aliphatic rings. The van der Waals surface area contributed by atoms with Crippen molar-refractivity contribution in [1.82, 2.24) is 5.32 Å². The van der Waals surface area contributed by atoms with E-state index < -0.39 is 0 Å². The number of hydrogen-bond acceptors (Lipinski definition) is 2. The number of nitriles is 1. The van der Waals surface area contributed by atoms with Gasteiger partial charge in [-0.2, -0.15) is 5.26 Å². The van der Waals surface area contributed by atoms with Gasteiger partial charge in [0.1, 0.15) is 0 Å². The Morgan fingerprint density at radius 1 is 1.31 bits per heavy atom. The lowest BCUT2D eigenvalue weighted by Gasteiger charge is -2.28. The molecule has 0 bridgehead atoms. The minimum atomic E-state index is 0.251. The van der Waals surface area contributed by atoms with E-state index in [1.807, 2.05) is 0 Å². The molecule has 3 unspecified atom stereocenters. The van der Waals surface area contributed by atoms with Gasteiger partial charge in [-0.15, -0.1) is 0 Å². The van der Waals surface area contributed by atoms with Crippen LogP contribution >= 0.6 is 0 Å². The molecule has 0 aromatic rings. The molecular formula is C14H26N2. The molecule has 1 rings (SSSR count). The van der Waals surface area contributed by atoms with Gasteiger partial charge >= 0.3 is 0 Å². The fraction of sp³-hybridized carbons (Fsp3) is 0.929. The Hall–Kier alpha value is -0.550. The first-order chi connectivity index (χ1) is 7.46. The third-order valence-electron chi connectivity index (χ3n) is 4.22. The standard InChI is InChI=1S/C14H26N2/c1-11-6-7-13(12(11)2)16-10-14(3,4)8-5-9-15/h11-13,16H,5-8,10H2,1-4H3. The van der Waals surface area contributed by atoms with Crippen LogP contribution in [0.25, 0.3) is 0 Å². The summed E-state index contributed by atoms with van der Waals surface area (Å²) in [4.78, 5) is 0. The summed E-state index contributed by atoms with van der Waals surface area (Å²) in [6.07, 6.45) is 4.34. The van der Waals surface area contributed by atoms with Crippen LogP contribution in [0, 0.1) is 28.6 Å². The second kappa shape index (κ2) is 5.68. The molecule has 2 nitrogen and oxygen atoms in total. The van der Waals surface area contributed by atoms with Crippen LogP contribution in [0.3, 0.4) is 0 Å². The Morgan fingerprint density at radius 3 is 2.50 bits per heavy atom. The van der Waals surface area contributed by atoms with Gasteiger partial charge < -0.3 is 5.32 Å². The second-order valence-corrected chi connectivity index (χ2v) is 6.22. The maximum atomic E-state index is 8.62. The summed E-state index contributed by atoms with van der Waals surface area (Å²) in [6.45, 7) is 10.3. The lowest BCUT2D eigenvalue weighted by Crippen LogP contribution is -2.39. The van der Waals surface area contributed by atoms with E-state index in [0.29, 0.717) is 12.5 Å². The molecule has 0 spiro atoms. The highest BCUT2D eigenvalue weighted by Gasteiger charge is 2.30. The van der Waals surface area contributed by atoms with Gasteiger partial charge in [0.25, 0.3) is 0 Å². The zero-order chi connectivity index (χ0) is 12.2. The molecule has 1 N–H and O–H groups in total. The Kier molecular flexibility index (Phi) is 4.80. The van der Waals surface area contributed by atoms with Crippen LogP contribution in [0.5, 0.6) is 0 Å². The van der Waals surface area contributed by atoms with E-state index >= 15 is 0 Å². The quantitative estimate of drug-likeness (QED) is 0.774. The van der Waals surface area contributed by atoms with Gasteiger partial charge in [0.15, 0.2) is 0 Å². The molecule has 0 radical (unpaired) electrons. The van der Waals surface area contributed by atoms with E-state index in [1.54, 1.807) is 0 Å². The fourth-order valence-corrected chi connectivity index (χ4v) is 2.54. The summed E-state index contributed by atoms with van der Waals surface area (Å²) < 4.78 is 0. The highest BCUT2D eigenvalue weighted by Crippen LogP contribution is 2.32. The van der Waals surface area contributed by atoms with Crippen molar-refractivity contribution < 1.29 is 0 Å². The van der Waals surface area contributed by atoms with E-state index in [-0.39, 0.29) is 5.41 Å². The third-order valence-corrected chi connectivity index (χ3v) is 4.22. The van der Waals surface area contributed by atoms with Gasteiger partial charge in [-0.25, -0.2) is 0 Å². The molecule has 0 aliphatic heterocycles. The molecule has 3 atom stereocenters. The Labute approximate surface area is 100 Å². The van der Waals surface area contributed by atoms with Crippen LogP contribution in [0.2, 0.25) is 0 Å². The fourth-order valence-electron chi connectivity index (χ4n) is 2.54. The summed E-state index contributed by atoms with van der Waals surface area (Å²) in [5.41, 5.74) is 0.251. The van der Waals surface area contributed by atoms with Crippen LogP contribution in [0.4, 0.5) is 0 Å². The molecule has 0 saturated heterocycles. The first kappa shape index (κ1) is 13.5. The lowest BCUT2D eigenvalue weighted by molar-refractivity contribution is 0.276. The van der Waals surface area contributed by atoms with E-state index in [4.69, 9.17) is 5.26 Å². The minimum absolute atomic E-state index is 0.251. The van der Waals surface area contributed by atoms with E-state index in [9.17, 15) is 0 Å². The Bertz CT molecular complexity index is 252. The molecule has 0 aromatic heterocycles. The number of nitrogens with one attached hydrogen (secondary N) is 1. The number of hydrogen-bond donors (Lipinski definition) is 1. The Morgan fingerprint density at radius 2 is 2.00 bits per heavy atom. The van der Waals surface area contributed by atoms with Gasteiger partial charge in [-0.05, 0) is 36.5 Å². The molecule has 1 fully saturated rings. The summed E-state index contributed by atoms with van der Waals surface area (Å²) >= 11 is 0. The van der Waals surface area contributed by atoms with Gasteiger partial charge in [0.05, 0.1) is 6.07 Å². The van der Waals surface area contributed by atoms with Gasteiger partial charge in [0, 0.05) is 19.0 Å². The molecule has 2 heteroatoms. The maximum absolute atomic E-state index is 8.62. The maximum Gasteiger partial charge on any atom is 0.0621 e. The molecular weight excluding hydrogens is 196 g/mol. The van der Waals surface area contributed by atoms with Crippen molar-refractivity contribution in [2.45, 2.75) is 59.4 Å². The predicted octanol–water partition coefficient (Wildman–Crippen LogP) is 3.34. The van der Waals surface area contributed by atoms with Gasteiger partial charge in [0.2, 0.25) is 0 Å². The second-order valence-electron chi connectivity index (χ2n) is 6.22. The van der Waals surface area contributed by atoms with Crippen molar-refractivity contribution in [3.05, 3.63) is 0 Å². The van der Waals surface area contributed by atoms with E-state index in [2.05, 4.69) is 39.1 Å². The van der Waals surface area contributed by atoms with Crippen molar-refractivity contribution in [3.63, 3.8) is 0 Å². The smallest absolute Gasteiger partial charge is 0.0621 e. The third kappa shape index (κ3) is 3.79. The first-order valence-electron chi connectivity index (χ1n) is 6.56. The molecule has 1 saturated carbocycles. The topological polar surface area (TPSA) is 35.8 Å².